The van der Waals surface area contributed by atoms with E-state index in [9.17, 15) is 9.18 Å². The van der Waals surface area contributed by atoms with Gasteiger partial charge in [-0.05, 0) is 29.8 Å². The van der Waals surface area contributed by atoms with Crippen LogP contribution in [0.15, 0.2) is 48.5 Å². The Morgan fingerprint density at radius 1 is 1.11 bits per heavy atom. The van der Waals surface area contributed by atoms with E-state index in [1.807, 2.05) is 12.1 Å². The molecule has 0 spiro atoms. The zero-order valence-electron chi connectivity index (χ0n) is 15.7. The fourth-order valence-corrected chi connectivity index (χ4v) is 2.60. The van der Waals surface area contributed by atoms with Gasteiger partial charge in [-0.1, -0.05) is 12.1 Å². The maximum Gasteiger partial charge on any atom is 0.413 e. The van der Waals surface area contributed by atoms with Crippen LogP contribution in [0.2, 0.25) is 0 Å². The average molecular weight is 385 g/mol. The van der Waals surface area contributed by atoms with E-state index in [2.05, 4.69) is 10.4 Å². The van der Waals surface area contributed by atoms with Gasteiger partial charge in [-0.25, -0.2) is 9.18 Å². The number of aryl methyl sites for hydroxylation is 1. The Kier molecular flexibility index (Phi) is 5.78. The van der Waals surface area contributed by atoms with Gasteiger partial charge in [-0.3, -0.25) is 10.00 Å². The zero-order chi connectivity index (χ0) is 20.1. The highest BCUT2D eigenvalue weighted by molar-refractivity contribution is 5.84. The number of halogens is 1. The number of hydrogen-bond donors (Lipinski definition) is 1. The Labute approximate surface area is 161 Å². The van der Waals surface area contributed by atoms with E-state index in [-0.39, 0.29) is 6.61 Å². The fraction of sp³-hybridized carbons (Fsp3) is 0.200. The first kappa shape index (κ1) is 19.2. The third-order valence-electron chi connectivity index (χ3n) is 4.08. The molecule has 0 aliphatic carbocycles. The molecular weight excluding hydrogens is 365 g/mol. The SMILES string of the molecule is COc1ccc(COC(=O)Nc2cc(-c3ccc(F)cc3OC)nn2C)cc1. The molecule has 0 fully saturated rings. The summed E-state index contributed by atoms with van der Waals surface area (Å²) < 4.78 is 30.4. The van der Waals surface area contributed by atoms with E-state index in [0.717, 1.165) is 11.3 Å². The summed E-state index contributed by atoms with van der Waals surface area (Å²) >= 11 is 0. The Morgan fingerprint density at radius 3 is 2.54 bits per heavy atom. The summed E-state index contributed by atoms with van der Waals surface area (Å²) in [7, 11) is 4.72. The van der Waals surface area contributed by atoms with Crippen molar-refractivity contribution in [3.05, 3.63) is 59.9 Å². The highest BCUT2D eigenvalue weighted by atomic mass is 19.1. The summed E-state index contributed by atoms with van der Waals surface area (Å²) in [5.41, 5.74) is 1.97. The molecule has 0 unspecified atom stereocenters. The number of nitrogens with zero attached hydrogens (tertiary/aromatic N) is 2. The van der Waals surface area contributed by atoms with Crippen molar-refractivity contribution in [3.63, 3.8) is 0 Å². The molecular formula is C20H20FN3O4. The summed E-state index contributed by atoms with van der Waals surface area (Å²) in [4.78, 5) is 12.1. The van der Waals surface area contributed by atoms with Gasteiger partial charge in [0.15, 0.2) is 0 Å². The quantitative estimate of drug-likeness (QED) is 0.694. The minimum absolute atomic E-state index is 0.117. The number of methoxy groups -OCH3 is 2. The molecule has 8 heteroatoms. The fourth-order valence-electron chi connectivity index (χ4n) is 2.60. The number of hydrogen-bond acceptors (Lipinski definition) is 5. The highest BCUT2D eigenvalue weighted by Gasteiger charge is 2.14. The van der Waals surface area contributed by atoms with Gasteiger partial charge in [0, 0.05) is 24.7 Å². The monoisotopic (exact) mass is 385 g/mol. The van der Waals surface area contributed by atoms with Crippen LogP contribution in [0, 0.1) is 5.82 Å². The number of aromatic nitrogens is 2. The molecule has 3 aromatic rings. The predicted octanol–water partition coefficient (Wildman–Crippen LogP) is 3.99. The zero-order valence-corrected chi connectivity index (χ0v) is 15.7. The Hall–Kier alpha value is -3.55. The molecule has 0 saturated heterocycles. The number of ether oxygens (including phenoxy) is 3. The van der Waals surface area contributed by atoms with Crippen LogP contribution in [0.4, 0.5) is 15.0 Å². The van der Waals surface area contributed by atoms with Gasteiger partial charge in [0.2, 0.25) is 0 Å². The molecule has 0 atom stereocenters. The molecule has 2 aromatic carbocycles. The average Bonchev–Trinajstić information content (AvgIpc) is 3.06. The predicted molar refractivity (Wildman–Crippen MR) is 102 cm³/mol. The Morgan fingerprint density at radius 2 is 1.86 bits per heavy atom. The Balaban J connectivity index is 1.67. The lowest BCUT2D eigenvalue weighted by molar-refractivity contribution is 0.155. The minimum atomic E-state index is -0.614. The van der Waals surface area contributed by atoms with Crippen LogP contribution in [0.1, 0.15) is 5.56 Å². The third-order valence-corrected chi connectivity index (χ3v) is 4.08. The first-order valence-corrected chi connectivity index (χ1v) is 8.45. The van der Waals surface area contributed by atoms with Crippen LogP contribution in [0.5, 0.6) is 11.5 Å². The molecule has 0 aliphatic rings. The lowest BCUT2D eigenvalue weighted by atomic mass is 10.1. The van der Waals surface area contributed by atoms with Crippen molar-refractivity contribution in [1.82, 2.24) is 9.78 Å². The number of anilines is 1. The van der Waals surface area contributed by atoms with Crippen molar-refractivity contribution in [2.45, 2.75) is 6.61 Å². The van der Waals surface area contributed by atoms with Crippen LogP contribution in [0.3, 0.4) is 0 Å². The number of benzene rings is 2. The smallest absolute Gasteiger partial charge is 0.413 e. The van der Waals surface area contributed by atoms with E-state index in [4.69, 9.17) is 14.2 Å². The van der Waals surface area contributed by atoms with Crippen molar-refractivity contribution in [2.24, 2.45) is 7.05 Å². The second kappa shape index (κ2) is 8.43. The van der Waals surface area contributed by atoms with Gasteiger partial charge in [-0.2, -0.15) is 5.10 Å². The molecule has 0 saturated carbocycles. The highest BCUT2D eigenvalue weighted by Crippen LogP contribution is 2.31. The van der Waals surface area contributed by atoms with Gasteiger partial charge in [0.25, 0.3) is 0 Å². The van der Waals surface area contributed by atoms with Gasteiger partial charge in [0.05, 0.1) is 19.9 Å². The summed E-state index contributed by atoms with van der Waals surface area (Å²) in [5, 5.41) is 6.98. The van der Waals surface area contributed by atoms with Crippen LogP contribution in [-0.4, -0.2) is 30.1 Å². The number of rotatable bonds is 6. The Bertz CT molecular complexity index is 970. The standard InChI is InChI=1S/C20H20FN3O4/c1-24-19(11-17(23-24)16-9-6-14(21)10-18(16)27-3)22-20(25)28-12-13-4-7-15(26-2)8-5-13/h4-11H,12H2,1-3H3,(H,22,25). The van der Waals surface area contributed by atoms with Crippen molar-refractivity contribution < 1.29 is 23.4 Å². The molecule has 146 valence electrons. The largest absolute Gasteiger partial charge is 0.497 e. The van der Waals surface area contributed by atoms with E-state index < -0.39 is 11.9 Å². The molecule has 1 heterocycles. The second-order valence-corrected chi connectivity index (χ2v) is 5.93. The number of carbonyl (C=O) groups is 1. The van der Waals surface area contributed by atoms with Crippen LogP contribution >= 0.6 is 0 Å². The van der Waals surface area contributed by atoms with E-state index >= 15 is 0 Å². The van der Waals surface area contributed by atoms with Gasteiger partial charge >= 0.3 is 6.09 Å². The normalized spacial score (nSPS) is 10.4. The van der Waals surface area contributed by atoms with Crippen molar-refractivity contribution >= 4 is 11.9 Å². The first-order chi connectivity index (χ1) is 13.5. The summed E-state index contributed by atoms with van der Waals surface area (Å²) in [6, 6.07) is 13.0. The molecule has 1 N–H and O–H groups in total. The van der Waals surface area contributed by atoms with Gasteiger partial charge in [-0.15, -0.1) is 0 Å². The summed E-state index contributed by atoms with van der Waals surface area (Å²) in [5.74, 6) is 1.11. The molecule has 3 rings (SSSR count). The molecule has 0 radical (unpaired) electrons. The number of nitrogens with one attached hydrogen (secondary N) is 1. The molecule has 7 nitrogen and oxygen atoms in total. The molecule has 0 aliphatic heterocycles. The molecule has 1 aromatic heterocycles. The number of carbonyl (C=O) groups excluding carboxylic acids is 1. The van der Waals surface area contributed by atoms with Crippen LogP contribution in [0.25, 0.3) is 11.3 Å². The van der Waals surface area contributed by atoms with Crippen molar-refractivity contribution in [1.29, 1.82) is 0 Å². The van der Waals surface area contributed by atoms with Gasteiger partial charge < -0.3 is 14.2 Å². The van der Waals surface area contributed by atoms with Crippen LogP contribution < -0.4 is 14.8 Å². The van der Waals surface area contributed by atoms with E-state index in [1.54, 1.807) is 38.4 Å². The van der Waals surface area contributed by atoms with E-state index in [0.29, 0.717) is 22.8 Å². The first-order valence-electron chi connectivity index (χ1n) is 8.45. The van der Waals surface area contributed by atoms with Crippen LogP contribution in [-0.2, 0) is 18.4 Å². The minimum Gasteiger partial charge on any atom is -0.497 e. The number of amides is 1. The molecule has 0 bridgehead atoms. The lowest BCUT2D eigenvalue weighted by Gasteiger charge is -2.07. The van der Waals surface area contributed by atoms with Gasteiger partial charge in [0.1, 0.15) is 29.7 Å². The molecule has 1 amide bonds. The lowest BCUT2D eigenvalue weighted by Crippen LogP contribution is -2.15. The summed E-state index contributed by atoms with van der Waals surface area (Å²) in [6.07, 6.45) is -0.614. The van der Waals surface area contributed by atoms with Crippen molar-refractivity contribution in [2.75, 3.05) is 19.5 Å². The summed E-state index contributed by atoms with van der Waals surface area (Å²) in [6.45, 7) is 0.117. The molecule has 28 heavy (non-hydrogen) atoms. The second-order valence-electron chi connectivity index (χ2n) is 5.93. The maximum atomic E-state index is 13.4. The van der Waals surface area contributed by atoms with E-state index in [1.165, 1.54) is 23.9 Å². The maximum absolute atomic E-state index is 13.4. The third kappa shape index (κ3) is 4.40. The van der Waals surface area contributed by atoms with Crippen molar-refractivity contribution in [3.8, 4) is 22.8 Å². The topological polar surface area (TPSA) is 74.6 Å².